The number of hydrogen-bond acceptors (Lipinski definition) is 6. The fourth-order valence-electron chi connectivity index (χ4n) is 5.07. The van der Waals surface area contributed by atoms with Gasteiger partial charge in [-0.2, -0.15) is 0 Å². The lowest BCUT2D eigenvalue weighted by Crippen LogP contribution is -2.64. The van der Waals surface area contributed by atoms with Crippen molar-refractivity contribution in [3.8, 4) is 0 Å². The first-order valence-corrected chi connectivity index (χ1v) is 11.4. The smallest absolute Gasteiger partial charge is 0.379 e. The van der Waals surface area contributed by atoms with Gasteiger partial charge in [-0.15, -0.1) is 0 Å². The molecule has 0 aliphatic carbocycles. The molecule has 0 saturated carbocycles. The molecule has 4 aliphatic rings. The van der Waals surface area contributed by atoms with Crippen LogP contribution in [0.1, 0.15) is 17.5 Å². The summed E-state index contributed by atoms with van der Waals surface area (Å²) < 4.78 is 7.47. The third-order valence-corrected chi connectivity index (χ3v) is 6.67. The van der Waals surface area contributed by atoms with Crippen molar-refractivity contribution in [3.63, 3.8) is 0 Å². The van der Waals surface area contributed by atoms with Gasteiger partial charge >= 0.3 is 12.0 Å². The number of rotatable bonds is 4. The van der Waals surface area contributed by atoms with E-state index < -0.39 is 6.04 Å². The Balaban J connectivity index is 1.43. The van der Waals surface area contributed by atoms with Gasteiger partial charge in [0.05, 0.1) is 26.3 Å². The predicted octanol–water partition coefficient (Wildman–Crippen LogP) is 0.889. The lowest BCUT2D eigenvalue weighted by Gasteiger charge is -2.36. The Morgan fingerprint density at radius 1 is 1.06 bits per heavy atom. The summed E-state index contributed by atoms with van der Waals surface area (Å²) in [6, 6.07) is 5.62. The number of morpholine rings is 1. The number of urea groups is 1. The third-order valence-electron chi connectivity index (χ3n) is 6.67. The quantitative estimate of drug-likeness (QED) is 0.652. The molecule has 9 nitrogen and oxygen atoms in total. The van der Waals surface area contributed by atoms with Crippen LogP contribution in [-0.2, 0) is 9.53 Å². The SMILES string of the molecule is Cc1cc(C)cc(N2CCC[N+]3=C2N=C2C3C(=O)N(CCN3CCOCC3)C(=O)N2C)c1. The van der Waals surface area contributed by atoms with E-state index in [1.54, 1.807) is 11.9 Å². The van der Waals surface area contributed by atoms with Crippen LogP contribution in [0.25, 0.3) is 0 Å². The molecule has 1 aromatic carbocycles. The summed E-state index contributed by atoms with van der Waals surface area (Å²) in [7, 11) is 1.72. The third kappa shape index (κ3) is 3.59. The van der Waals surface area contributed by atoms with Crippen LogP contribution >= 0.6 is 0 Å². The number of amides is 3. The van der Waals surface area contributed by atoms with Gasteiger partial charge in [-0.05, 0) is 37.1 Å². The summed E-state index contributed by atoms with van der Waals surface area (Å²) in [4.78, 5) is 38.8. The van der Waals surface area contributed by atoms with E-state index in [1.165, 1.54) is 16.0 Å². The van der Waals surface area contributed by atoms with Crippen LogP contribution in [-0.4, -0.2) is 109 Å². The molecule has 0 radical (unpaired) electrons. The summed E-state index contributed by atoms with van der Waals surface area (Å²) >= 11 is 0. The van der Waals surface area contributed by atoms with Crippen molar-refractivity contribution in [1.29, 1.82) is 0 Å². The van der Waals surface area contributed by atoms with Crippen LogP contribution in [0.4, 0.5) is 10.5 Å². The van der Waals surface area contributed by atoms with Crippen LogP contribution in [0.3, 0.4) is 0 Å². The molecule has 2 fully saturated rings. The van der Waals surface area contributed by atoms with Crippen LogP contribution in [0, 0.1) is 13.8 Å². The van der Waals surface area contributed by atoms with Gasteiger partial charge in [0.2, 0.25) is 11.9 Å². The summed E-state index contributed by atoms with van der Waals surface area (Å²) in [6.07, 6.45) is 0.925. The van der Waals surface area contributed by atoms with Gasteiger partial charge in [0, 0.05) is 39.6 Å². The molecule has 2 saturated heterocycles. The zero-order valence-electron chi connectivity index (χ0n) is 19.1. The maximum absolute atomic E-state index is 13.5. The molecule has 4 heterocycles. The number of aryl methyl sites for hydroxylation is 2. The first kappa shape index (κ1) is 21.1. The highest BCUT2D eigenvalue weighted by Crippen LogP contribution is 2.27. The van der Waals surface area contributed by atoms with E-state index in [4.69, 9.17) is 9.73 Å². The first-order chi connectivity index (χ1) is 15.4. The van der Waals surface area contributed by atoms with Gasteiger partial charge in [0.15, 0.2) is 0 Å². The van der Waals surface area contributed by atoms with Crippen molar-refractivity contribution in [3.05, 3.63) is 29.3 Å². The highest BCUT2D eigenvalue weighted by Gasteiger charge is 2.54. The molecule has 4 aliphatic heterocycles. The molecule has 1 unspecified atom stereocenters. The Labute approximate surface area is 188 Å². The molecule has 0 aromatic heterocycles. The summed E-state index contributed by atoms with van der Waals surface area (Å²) in [6.45, 7) is 9.87. The van der Waals surface area contributed by atoms with Crippen LogP contribution in [0.2, 0.25) is 0 Å². The van der Waals surface area contributed by atoms with Gasteiger partial charge in [-0.25, -0.2) is 14.3 Å². The van der Waals surface area contributed by atoms with E-state index in [-0.39, 0.29) is 11.9 Å². The number of ether oxygens (including phenoxy) is 1. The number of likely N-dealkylation sites (N-methyl/N-ethyl adjacent to an activating group) is 1. The average Bonchev–Trinajstić information content (AvgIpc) is 3.17. The molecule has 0 bridgehead atoms. The maximum atomic E-state index is 13.5. The number of hydrogen-bond donors (Lipinski definition) is 0. The van der Waals surface area contributed by atoms with Crippen LogP contribution in [0.15, 0.2) is 23.2 Å². The zero-order chi connectivity index (χ0) is 22.4. The van der Waals surface area contributed by atoms with Gasteiger partial charge in [0.1, 0.15) is 5.69 Å². The Kier molecular flexibility index (Phi) is 5.46. The van der Waals surface area contributed by atoms with E-state index >= 15 is 0 Å². The molecule has 170 valence electrons. The molecule has 32 heavy (non-hydrogen) atoms. The molecule has 1 aromatic rings. The highest BCUT2D eigenvalue weighted by molar-refractivity contribution is 6.24. The number of carbonyl (C=O) groups is 2. The number of benzene rings is 1. The molecule has 9 heteroatoms. The van der Waals surface area contributed by atoms with E-state index in [2.05, 4.69) is 46.4 Å². The summed E-state index contributed by atoms with van der Waals surface area (Å²) in [5.74, 6) is 1.13. The Hall–Kier alpha value is -2.78. The number of nitrogens with zero attached hydrogens (tertiary/aromatic N) is 6. The number of anilines is 1. The van der Waals surface area contributed by atoms with Gasteiger partial charge in [-0.1, -0.05) is 11.1 Å². The van der Waals surface area contributed by atoms with Crippen LogP contribution in [0.5, 0.6) is 0 Å². The molecule has 1 atom stereocenters. The van der Waals surface area contributed by atoms with Crippen molar-refractivity contribution >= 4 is 29.4 Å². The number of aliphatic imine (C=N–C) groups is 1. The minimum Gasteiger partial charge on any atom is -0.379 e. The number of fused-ring (bicyclic) bond motifs is 2. The largest absolute Gasteiger partial charge is 0.397 e. The van der Waals surface area contributed by atoms with E-state index in [1.807, 2.05) is 0 Å². The Morgan fingerprint density at radius 2 is 1.78 bits per heavy atom. The van der Waals surface area contributed by atoms with Crippen molar-refractivity contribution in [2.24, 2.45) is 4.99 Å². The van der Waals surface area contributed by atoms with E-state index in [0.29, 0.717) is 32.1 Å². The lowest BCUT2D eigenvalue weighted by atomic mass is 10.1. The monoisotopic (exact) mass is 439 g/mol. The van der Waals surface area contributed by atoms with Crippen molar-refractivity contribution in [1.82, 2.24) is 14.7 Å². The minimum absolute atomic E-state index is 0.169. The first-order valence-electron chi connectivity index (χ1n) is 11.4. The summed E-state index contributed by atoms with van der Waals surface area (Å²) in [5, 5.41) is 0. The molecule has 0 N–H and O–H groups in total. The van der Waals surface area contributed by atoms with Crippen LogP contribution < -0.4 is 4.90 Å². The number of carbonyl (C=O) groups excluding carboxylic acids is 2. The second kappa shape index (κ2) is 8.29. The number of imide groups is 1. The summed E-state index contributed by atoms with van der Waals surface area (Å²) in [5.41, 5.74) is 3.47. The van der Waals surface area contributed by atoms with E-state index in [9.17, 15) is 9.59 Å². The Bertz CT molecular complexity index is 993. The standard InChI is InChI=1S/C23H31N6O3/c1-16-13-17(2)15-18(14-16)27-5-4-6-28-19-20(24-22(27)28)25(3)23(31)29(21(19)30)8-7-26-9-11-32-12-10-26/h13-15,19H,4-12H2,1-3H3/q+1. The van der Waals surface area contributed by atoms with Crippen molar-refractivity contribution in [2.75, 3.05) is 64.4 Å². The molecular weight excluding hydrogens is 408 g/mol. The molecule has 3 amide bonds. The van der Waals surface area contributed by atoms with E-state index in [0.717, 1.165) is 44.2 Å². The van der Waals surface area contributed by atoms with Gasteiger partial charge < -0.3 is 4.74 Å². The van der Waals surface area contributed by atoms with Gasteiger partial charge in [0.25, 0.3) is 5.91 Å². The average molecular weight is 440 g/mol. The Morgan fingerprint density at radius 3 is 2.50 bits per heavy atom. The molecular formula is C23H31N6O3+. The highest BCUT2D eigenvalue weighted by atomic mass is 16.5. The second-order valence-electron chi connectivity index (χ2n) is 9.00. The topological polar surface area (TPSA) is 71.7 Å². The molecule has 0 spiro atoms. The number of guanidine groups is 1. The fourth-order valence-corrected chi connectivity index (χ4v) is 5.07. The lowest BCUT2D eigenvalue weighted by molar-refractivity contribution is -0.539. The normalized spacial score (nSPS) is 24.2. The number of amidine groups is 1. The second-order valence-corrected chi connectivity index (χ2v) is 9.00. The van der Waals surface area contributed by atoms with Crippen molar-refractivity contribution in [2.45, 2.75) is 26.3 Å². The predicted molar refractivity (Wildman–Crippen MR) is 121 cm³/mol. The van der Waals surface area contributed by atoms with Crippen molar-refractivity contribution < 1.29 is 18.9 Å². The zero-order valence-corrected chi connectivity index (χ0v) is 19.1. The maximum Gasteiger partial charge on any atom is 0.397 e. The minimum atomic E-state index is -0.536. The molecule has 5 rings (SSSR count). The fraction of sp³-hybridized carbons (Fsp3) is 0.565. The van der Waals surface area contributed by atoms with Gasteiger partial charge in [-0.3, -0.25) is 19.5 Å².